The van der Waals surface area contributed by atoms with Crippen molar-refractivity contribution in [2.24, 2.45) is 17.8 Å². The SMILES string of the molecule is [2H]CC12CO[C@H](C(C)O1)[C@@H]2OP(OCCC#N)N(C(C)C)C(C)C.[2H]CC1OCC(C)CC1OP(OCCC)N(C(C)C)C(C)C.[3H]OC.[3H]OC.[3H]OCCCC1OCC(C)C(OC(=O)c2ccccc2)C1OP(OCCC)N(C(C)C)C(C)C.[3H]OCCCC1OCC(C)C(O[Si](C)(C)C(C)(C)C)C1OP(OCCC)N(C(C)C)C(C)C. The second kappa shape index (κ2) is 57.6. The lowest BCUT2D eigenvalue weighted by molar-refractivity contribution is -0.157. The van der Waals surface area contributed by atoms with Crippen LogP contribution in [0.3, 0.4) is 0 Å². The Hall–Kier alpha value is -0.763. The third-order valence-electron chi connectivity index (χ3n) is 19.7. The van der Waals surface area contributed by atoms with E-state index in [1.807, 2.05) is 32.0 Å². The predicted molar refractivity (Wildman–Crippen MR) is 463 cm³/mol. The van der Waals surface area contributed by atoms with Gasteiger partial charge in [-0.3, -0.25) is 0 Å². The zero-order chi connectivity index (χ0) is 90.5. The van der Waals surface area contributed by atoms with Crippen molar-refractivity contribution in [2.75, 3.05) is 80.3 Å². The predicted octanol–water partition coefficient (Wildman–Crippen LogP) is 18.5. The van der Waals surface area contributed by atoms with Crippen LogP contribution in [-0.2, 0) is 69.0 Å². The molecular formula is C83H165N5O20P4Si. The van der Waals surface area contributed by atoms with E-state index in [9.17, 15) is 4.79 Å². The van der Waals surface area contributed by atoms with Crippen LogP contribution in [0.2, 0.25) is 18.1 Å². The molecule has 0 spiro atoms. The average molecular weight is 1720 g/mol. The maximum atomic E-state index is 13.0. The summed E-state index contributed by atoms with van der Waals surface area (Å²) < 4.78 is 144. The number of nitrogens with zero attached hydrogens (tertiary/aromatic N) is 5. The van der Waals surface area contributed by atoms with Gasteiger partial charge in [-0.25, -0.2) is 23.5 Å². The minimum absolute atomic E-state index is 0.0378. The number of rotatable bonds is 44. The molecular weight excluding hydrogens is 1540 g/mol. The summed E-state index contributed by atoms with van der Waals surface area (Å²) in [5.74, 6) is 0.283. The summed E-state index contributed by atoms with van der Waals surface area (Å²) in [6.07, 6.45) is 4.48. The van der Waals surface area contributed by atoms with Crippen LogP contribution >= 0.6 is 34.1 Å². The van der Waals surface area contributed by atoms with Crippen molar-refractivity contribution >= 4 is 48.4 Å². The molecule has 0 saturated carbocycles. The smallest absolute Gasteiger partial charge is 0.338 e. The molecule has 30 heteroatoms. The molecule has 5 aliphatic heterocycles. The van der Waals surface area contributed by atoms with Crippen molar-refractivity contribution in [2.45, 2.75) is 391 Å². The summed E-state index contributed by atoms with van der Waals surface area (Å²) in [7, 11) is -4.59. The molecule has 0 aliphatic carbocycles. The fourth-order valence-corrected chi connectivity index (χ4v) is 22.3. The lowest BCUT2D eigenvalue weighted by atomic mass is 9.91. The Labute approximate surface area is 702 Å². The number of aliphatic hydroxyl groups is 4. The number of benzene rings is 1. The molecule has 1 aromatic carbocycles. The normalized spacial score (nSPS) is 27.7. The van der Waals surface area contributed by atoms with Crippen molar-refractivity contribution in [3.8, 4) is 6.07 Å². The highest BCUT2D eigenvalue weighted by molar-refractivity contribution is 7.45. The second-order valence-corrected chi connectivity index (χ2v) is 44.0. The third-order valence-corrected chi connectivity index (χ3v) is 32.7. The highest BCUT2D eigenvalue weighted by atomic mass is 31.2. The van der Waals surface area contributed by atoms with Gasteiger partial charge >= 0.3 is 5.97 Å². The summed E-state index contributed by atoms with van der Waals surface area (Å²) in [5.41, 5.74) is -0.197. The Kier molecular flexibility index (Phi) is 50.6. The van der Waals surface area contributed by atoms with Gasteiger partial charge in [0.1, 0.15) is 36.1 Å². The van der Waals surface area contributed by atoms with Crippen LogP contribution in [0.1, 0.15) is 265 Å². The number of esters is 1. The first kappa shape index (κ1) is 99.3. The van der Waals surface area contributed by atoms with E-state index in [1.54, 1.807) is 12.1 Å². The van der Waals surface area contributed by atoms with Gasteiger partial charge in [-0.15, -0.1) is 0 Å². The molecule has 25 nitrogen and oxygen atoms in total. The van der Waals surface area contributed by atoms with E-state index >= 15 is 0 Å². The molecule has 113 heavy (non-hydrogen) atoms. The maximum absolute atomic E-state index is 13.0. The van der Waals surface area contributed by atoms with Gasteiger partial charge in [0.05, 0.1) is 101 Å². The summed E-state index contributed by atoms with van der Waals surface area (Å²) in [5, 5.41) is 25.0. The van der Waals surface area contributed by atoms with Gasteiger partial charge in [-0.2, -0.15) is 5.26 Å². The van der Waals surface area contributed by atoms with Gasteiger partial charge in [0.15, 0.2) is 8.32 Å². The summed E-state index contributed by atoms with van der Waals surface area (Å²) >= 11 is 0. The number of aliphatic hydroxyl groups excluding tert-OH is 4. The number of hydrogen-bond donors (Lipinski definition) is 4. The van der Waals surface area contributed by atoms with E-state index in [-0.39, 0.29) is 116 Å². The number of ether oxygens (including phenoxy) is 6. The first-order chi connectivity index (χ1) is 56.1. The number of nitriles is 1. The second-order valence-electron chi connectivity index (χ2n) is 33.6. The minimum atomic E-state index is -2.03. The van der Waals surface area contributed by atoms with Crippen LogP contribution in [0.4, 0.5) is 0 Å². The number of hydrogen-bond acceptors (Lipinski definition) is 25. The molecule has 5 saturated heterocycles. The topological polar surface area (TPSA) is 273 Å². The van der Waals surface area contributed by atoms with Crippen LogP contribution in [0.5, 0.6) is 0 Å². The Bertz CT molecular complexity index is 2740. The molecule has 5 fully saturated rings. The third kappa shape index (κ3) is 36.7. The van der Waals surface area contributed by atoms with Gasteiger partial charge < -0.3 is 89.5 Å². The van der Waals surface area contributed by atoms with Crippen LogP contribution in [0.15, 0.2) is 30.3 Å². The van der Waals surface area contributed by atoms with Crippen molar-refractivity contribution in [1.82, 2.24) is 18.7 Å². The van der Waals surface area contributed by atoms with Crippen LogP contribution in [0.25, 0.3) is 0 Å². The summed E-state index contributed by atoms with van der Waals surface area (Å²) in [4.78, 5) is 13.0. The molecule has 19 atom stereocenters. The number of carbonyl (C=O) groups is 1. The fraction of sp³-hybridized carbons (Fsp3) is 0.904. The van der Waals surface area contributed by atoms with Gasteiger partial charge in [0.2, 0.25) is 5.72 Å². The molecule has 4 N–H and O–H groups in total. The average Bonchev–Trinajstić information content (AvgIpc) is 1.59. The minimum Gasteiger partial charge on any atom is -0.456 e. The van der Waals surface area contributed by atoms with Crippen LogP contribution in [-0.4, -0.2) is 260 Å². The Morgan fingerprint density at radius 3 is 1.42 bits per heavy atom. The van der Waals surface area contributed by atoms with E-state index in [1.165, 1.54) is 14.2 Å². The van der Waals surface area contributed by atoms with E-state index in [4.69, 9.17) is 82.8 Å². The molecule has 0 amide bonds. The molecule has 0 aromatic heterocycles. The molecule has 666 valence electrons. The van der Waals surface area contributed by atoms with Gasteiger partial charge in [0.25, 0.3) is 34.1 Å². The maximum Gasteiger partial charge on any atom is 0.338 e. The Morgan fingerprint density at radius 1 is 0.611 bits per heavy atom. The van der Waals surface area contributed by atoms with Crippen LogP contribution < -0.4 is 0 Å². The summed E-state index contributed by atoms with van der Waals surface area (Å²) in [6, 6.07) is 13.3. The first-order valence-electron chi connectivity index (χ1n) is 44.9. The lowest BCUT2D eigenvalue weighted by Gasteiger charge is -2.49. The standard InChI is InChI=1S/C25H42NO6P.C24H52NO5PSi.C16H29N2O4P.C16H34NO3P.2CH4O/c1-7-16-30-33(26(18(2)3)19(4)5)32-24-22(14-11-15-27)29-17-20(6)23(24)31-25(28)21-12-9-8-10-13-21;1-12-16-28-31(25(18(2)3)19(4)5)29-23-21(14-13-15-26)27-17-20(6)22(23)30-32(10,11)24(7,8)9;1-11(2)18(12(3)4)23(20-9-7-8-17)22-15-14-13(5)21-16(15,6)10-19-14;1-8-9-19-21(17(12(2)3)13(4)5)20-16-10-14(6)11-18-15(16)7;2*1-2/h8-10,12-13,18-20,22-24,27H,7,11,14-17H2,1-6H3;18-23,26H,12-17H2,1-11H3;11-15H,7,9-10H2,1-6H3;12-16H,8-11H2,1-7H3;2*2H,1H3/t;;13?,14-,15+,16?,23?;;;/m..1.../s1/i27T;26T;6D;7D;2*2T. The Balaban J connectivity index is 0.000000785. The molecule has 0 radical (unpaired) electrons. The number of fused-ring (bicyclic) bond motifs is 2. The largest absolute Gasteiger partial charge is 0.456 e. The van der Waals surface area contributed by atoms with E-state index in [0.29, 0.717) is 114 Å². The van der Waals surface area contributed by atoms with E-state index in [2.05, 4.69) is 224 Å². The zero-order valence-electron chi connectivity index (χ0n) is 81.6. The Morgan fingerprint density at radius 2 is 1.03 bits per heavy atom. The van der Waals surface area contributed by atoms with Gasteiger partial charge in [-0.1, -0.05) is 80.5 Å². The highest BCUT2D eigenvalue weighted by Gasteiger charge is 2.60. The fourth-order valence-electron chi connectivity index (χ4n) is 13.5. The van der Waals surface area contributed by atoms with Crippen molar-refractivity contribution < 1.29 is 97.0 Å². The van der Waals surface area contributed by atoms with Crippen molar-refractivity contribution in [3.05, 3.63) is 35.9 Å². The summed E-state index contributed by atoms with van der Waals surface area (Å²) in [6.45, 7) is 66.1. The quantitative estimate of drug-likeness (QED) is 0.0204. The van der Waals surface area contributed by atoms with Gasteiger partial charge in [0, 0.05) is 97.0 Å². The zero-order valence-corrected chi connectivity index (χ0v) is 80.2. The monoisotopic (exact) mass is 1710 g/mol. The molecule has 5 aliphatic rings. The first-order valence-corrected chi connectivity index (χ1v) is 49.3. The van der Waals surface area contributed by atoms with E-state index in [0.717, 1.165) is 45.1 Å². The molecule has 1 aromatic rings. The van der Waals surface area contributed by atoms with E-state index < -0.39 is 60.2 Å². The lowest BCUT2D eigenvalue weighted by Crippen LogP contribution is -2.57. The van der Waals surface area contributed by atoms with Crippen LogP contribution in [0, 0.1) is 29.1 Å². The van der Waals surface area contributed by atoms with Gasteiger partial charge in [-0.05, 0) is 219 Å². The number of carbonyl (C=O) groups excluding carboxylic acids is 1. The highest BCUT2D eigenvalue weighted by Crippen LogP contribution is 2.56. The van der Waals surface area contributed by atoms with Crippen molar-refractivity contribution in [1.29, 1.82) is 11.0 Å². The molecule has 2 bridgehead atoms. The van der Waals surface area contributed by atoms with Crippen molar-refractivity contribution in [3.63, 3.8) is 0 Å². The molecule has 17 unspecified atom stereocenters. The molecule has 6 rings (SSSR count). The molecule has 5 heterocycles.